The number of amides is 2. The van der Waals surface area contributed by atoms with Crippen LogP contribution in [0.4, 0.5) is 5.69 Å². The average molecular weight is 572 g/mol. The van der Waals surface area contributed by atoms with Gasteiger partial charge in [-0.05, 0) is 51.0 Å². The molecule has 2 amide bonds. The Labute approximate surface area is 237 Å². The third-order valence-corrected chi connectivity index (χ3v) is 8.27. The Hall–Kier alpha value is -3.94. The second-order valence-corrected chi connectivity index (χ2v) is 11.2. The molecular formula is C28H37N5O8. The monoisotopic (exact) mass is 571 g/mol. The number of aromatic hydroxyl groups is 1. The SMILES string of the molecule is CCNCC(=O)NCc1cc(N(C)C)c2c(c1O)C(O)=C1C(=O)[C@@]3(O)C(O)=C(C(N)=O)C(=O)[C@H](N(C)C)[C@H]3C[C@H]1C2. The molecule has 0 heterocycles. The van der Waals surface area contributed by atoms with Crippen molar-refractivity contribution < 1.29 is 39.6 Å². The maximum atomic E-state index is 14.0. The highest BCUT2D eigenvalue weighted by Gasteiger charge is 2.64. The lowest BCUT2D eigenvalue weighted by Gasteiger charge is -2.50. The number of benzene rings is 1. The fourth-order valence-electron chi connectivity index (χ4n) is 6.37. The number of anilines is 1. The van der Waals surface area contributed by atoms with E-state index in [0.29, 0.717) is 17.8 Å². The minimum absolute atomic E-state index is 0.00162. The summed E-state index contributed by atoms with van der Waals surface area (Å²) in [4.78, 5) is 54.8. The summed E-state index contributed by atoms with van der Waals surface area (Å²) in [6.07, 6.45) is 0.171. The molecule has 41 heavy (non-hydrogen) atoms. The summed E-state index contributed by atoms with van der Waals surface area (Å²) in [6.45, 7) is 2.47. The molecule has 1 fully saturated rings. The van der Waals surface area contributed by atoms with Gasteiger partial charge in [0.15, 0.2) is 11.4 Å². The minimum Gasteiger partial charge on any atom is -0.508 e. The van der Waals surface area contributed by atoms with Crippen LogP contribution in [0.5, 0.6) is 5.75 Å². The molecule has 0 aliphatic heterocycles. The number of nitrogens with one attached hydrogen (secondary N) is 2. The number of phenolic OH excluding ortho intramolecular Hbond substituents is 1. The third kappa shape index (κ3) is 4.63. The fourth-order valence-corrected chi connectivity index (χ4v) is 6.37. The zero-order valence-electron chi connectivity index (χ0n) is 23.7. The molecule has 1 aromatic rings. The Morgan fingerprint density at radius 3 is 2.37 bits per heavy atom. The normalized spacial score (nSPS) is 25.6. The van der Waals surface area contributed by atoms with Crippen LogP contribution in [0.25, 0.3) is 5.76 Å². The van der Waals surface area contributed by atoms with E-state index in [4.69, 9.17) is 5.73 Å². The zero-order chi connectivity index (χ0) is 30.5. The number of primary amides is 1. The van der Waals surface area contributed by atoms with Gasteiger partial charge in [-0.2, -0.15) is 0 Å². The number of fused-ring (bicyclic) bond motifs is 3. The van der Waals surface area contributed by atoms with Crippen LogP contribution in [0.15, 0.2) is 23.0 Å². The molecule has 4 rings (SSSR count). The smallest absolute Gasteiger partial charge is 0.255 e. The predicted octanol–water partition coefficient (Wildman–Crippen LogP) is -0.744. The molecule has 0 saturated heterocycles. The minimum atomic E-state index is -2.71. The second kappa shape index (κ2) is 10.8. The summed E-state index contributed by atoms with van der Waals surface area (Å²) in [5.74, 6) is -7.36. The summed E-state index contributed by atoms with van der Waals surface area (Å²) in [5.41, 5.74) is 3.01. The Kier molecular flexibility index (Phi) is 7.91. The lowest BCUT2D eigenvalue weighted by atomic mass is 9.57. The number of aliphatic hydroxyl groups excluding tert-OH is 2. The zero-order valence-corrected chi connectivity index (χ0v) is 23.7. The van der Waals surface area contributed by atoms with E-state index >= 15 is 0 Å². The number of nitrogens with zero attached hydrogens (tertiary/aromatic N) is 2. The first-order valence-electron chi connectivity index (χ1n) is 13.4. The van der Waals surface area contributed by atoms with Gasteiger partial charge in [-0.15, -0.1) is 0 Å². The third-order valence-electron chi connectivity index (χ3n) is 8.27. The van der Waals surface area contributed by atoms with E-state index in [9.17, 15) is 39.6 Å². The molecule has 3 aliphatic rings. The fraction of sp³-hybridized carbons (Fsp3) is 0.500. The molecule has 0 radical (unpaired) electrons. The number of likely N-dealkylation sites (N-methyl/N-ethyl adjacent to an activating group) is 2. The first kappa shape index (κ1) is 30.0. The Morgan fingerprint density at radius 1 is 1.15 bits per heavy atom. The molecular weight excluding hydrogens is 534 g/mol. The number of carbonyl (C=O) groups excluding carboxylic acids is 4. The first-order chi connectivity index (χ1) is 19.2. The molecule has 0 unspecified atom stereocenters. The summed E-state index contributed by atoms with van der Waals surface area (Å²) < 4.78 is 0. The van der Waals surface area contributed by atoms with Crippen molar-refractivity contribution in [1.82, 2.24) is 15.5 Å². The summed E-state index contributed by atoms with van der Waals surface area (Å²) in [6, 6.07) is 0.545. The van der Waals surface area contributed by atoms with Crippen molar-refractivity contribution in [2.45, 2.75) is 38.0 Å². The Balaban J connectivity index is 1.89. The predicted molar refractivity (Wildman–Crippen MR) is 149 cm³/mol. The number of hydrogen-bond donors (Lipinski definition) is 7. The van der Waals surface area contributed by atoms with Gasteiger partial charge in [-0.3, -0.25) is 24.1 Å². The van der Waals surface area contributed by atoms with Gasteiger partial charge in [0.1, 0.15) is 22.8 Å². The van der Waals surface area contributed by atoms with Crippen molar-refractivity contribution >= 4 is 34.8 Å². The number of aliphatic hydroxyl groups is 3. The van der Waals surface area contributed by atoms with E-state index in [1.54, 1.807) is 39.2 Å². The summed E-state index contributed by atoms with van der Waals surface area (Å²) >= 11 is 0. The number of phenols is 1. The first-order valence-corrected chi connectivity index (χ1v) is 13.4. The van der Waals surface area contributed by atoms with E-state index in [1.165, 1.54) is 4.90 Å². The van der Waals surface area contributed by atoms with E-state index < -0.39 is 58.0 Å². The second-order valence-electron chi connectivity index (χ2n) is 11.2. The number of Topliss-reactive ketones (excluding diaryl/α,β-unsaturated/α-hetero) is 2. The molecule has 0 bridgehead atoms. The van der Waals surface area contributed by atoms with Gasteiger partial charge in [0.05, 0.1) is 18.2 Å². The molecule has 13 nitrogen and oxygen atoms in total. The van der Waals surface area contributed by atoms with E-state index in [2.05, 4.69) is 10.6 Å². The van der Waals surface area contributed by atoms with E-state index in [0.717, 1.165) is 0 Å². The van der Waals surface area contributed by atoms with E-state index in [1.807, 2.05) is 6.92 Å². The van der Waals surface area contributed by atoms with Gasteiger partial charge in [0, 0.05) is 43.4 Å². The summed E-state index contributed by atoms with van der Waals surface area (Å²) in [7, 11) is 6.65. The van der Waals surface area contributed by atoms with Gasteiger partial charge in [0.2, 0.25) is 11.7 Å². The molecule has 4 atom stereocenters. The van der Waals surface area contributed by atoms with Gasteiger partial charge in [-0.1, -0.05) is 6.92 Å². The standard InChI is InChI=1S/C28H37N5O8/c1-6-30-11-17(34)31-10-13-9-16(32(2)3)14-7-12-8-15-21(33(4)5)24(37)20(27(29)40)26(39)28(15,41)25(38)18(12)23(36)19(14)22(13)35/h9,12,15,21,30,35-36,39,41H,6-8,10-11H2,1-5H3,(H2,29,40)(H,31,34)/t12-,15-,21-,28-/m1/s1. The molecule has 1 aromatic carbocycles. The maximum absolute atomic E-state index is 14.0. The largest absolute Gasteiger partial charge is 0.508 e. The molecule has 222 valence electrons. The molecule has 13 heteroatoms. The number of ketones is 2. The summed E-state index contributed by atoms with van der Waals surface area (Å²) in [5, 5.41) is 51.1. The highest BCUT2D eigenvalue weighted by Crippen LogP contribution is 2.54. The van der Waals surface area contributed by atoms with Crippen molar-refractivity contribution in [3.63, 3.8) is 0 Å². The highest BCUT2D eigenvalue weighted by molar-refractivity contribution is 6.24. The quantitative estimate of drug-likeness (QED) is 0.193. The van der Waals surface area contributed by atoms with Crippen LogP contribution in [-0.2, 0) is 32.1 Å². The number of nitrogens with two attached hydrogens (primary N) is 1. The van der Waals surface area contributed by atoms with Gasteiger partial charge < -0.3 is 41.7 Å². The van der Waals surface area contributed by atoms with Crippen molar-refractivity contribution in [1.29, 1.82) is 0 Å². The molecule has 3 aliphatic carbocycles. The van der Waals surface area contributed by atoms with Gasteiger partial charge in [0.25, 0.3) is 5.91 Å². The topological polar surface area (TPSA) is 206 Å². The molecule has 0 aromatic heterocycles. The van der Waals surface area contributed by atoms with Crippen molar-refractivity contribution in [3.8, 4) is 5.75 Å². The van der Waals surface area contributed by atoms with Crippen molar-refractivity contribution in [2.24, 2.45) is 17.6 Å². The Morgan fingerprint density at radius 2 is 1.80 bits per heavy atom. The van der Waals surface area contributed by atoms with Crippen LogP contribution in [-0.4, -0.2) is 102 Å². The van der Waals surface area contributed by atoms with Crippen molar-refractivity contribution in [2.75, 3.05) is 46.2 Å². The highest BCUT2D eigenvalue weighted by atomic mass is 16.3. The molecule has 0 spiro atoms. The van der Waals surface area contributed by atoms with Crippen molar-refractivity contribution in [3.05, 3.63) is 39.7 Å². The van der Waals surface area contributed by atoms with Crippen LogP contribution in [0.3, 0.4) is 0 Å². The van der Waals surface area contributed by atoms with Gasteiger partial charge >= 0.3 is 0 Å². The lowest BCUT2D eigenvalue weighted by Crippen LogP contribution is -2.65. The van der Waals surface area contributed by atoms with E-state index in [-0.39, 0.29) is 54.3 Å². The van der Waals surface area contributed by atoms with Gasteiger partial charge in [-0.25, -0.2) is 0 Å². The molecule has 1 saturated carbocycles. The number of rotatable bonds is 8. The maximum Gasteiger partial charge on any atom is 0.255 e. The lowest BCUT2D eigenvalue weighted by molar-refractivity contribution is -0.153. The van der Waals surface area contributed by atoms with Crippen LogP contribution in [0.2, 0.25) is 0 Å². The van der Waals surface area contributed by atoms with Crippen LogP contribution < -0.4 is 21.3 Å². The molecule has 8 N–H and O–H groups in total. The average Bonchev–Trinajstić information content (AvgIpc) is 2.88. The number of carbonyl (C=O) groups is 4. The van der Waals surface area contributed by atoms with Crippen LogP contribution in [0.1, 0.15) is 30.0 Å². The number of hydrogen-bond acceptors (Lipinski definition) is 11. The van der Waals surface area contributed by atoms with Crippen LogP contribution >= 0.6 is 0 Å². The van der Waals surface area contributed by atoms with Crippen LogP contribution in [0, 0.1) is 11.8 Å². The Bertz CT molecular complexity index is 1400.